The molecule has 2 rings (SSSR count). The first kappa shape index (κ1) is 20.1. The van der Waals surface area contributed by atoms with E-state index in [0.29, 0.717) is 5.56 Å². The van der Waals surface area contributed by atoms with Gasteiger partial charge in [-0.15, -0.1) is 0 Å². The van der Waals surface area contributed by atoms with Crippen LogP contribution in [0, 0.1) is 23.6 Å². The van der Waals surface area contributed by atoms with E-state index in [-0.39, 0.29) is 35.9 Å². The van der Waals surface area contributed by atoms with Gasteiger partial charge in [-0.05, 0) is 25.1 Å². The van der Waals surface area contributed by atoms with Gasteiger partial charge in [0.15, 0.2) is 11.6 Å². The van der Waals surface area contributed by atoms with Gasteiger partial charge in [-0.3, -0.25) is 10.4 Å². The summed E-state index contributed by atoms with van der Waals surface area (Å²) in [5, 5.41) is 26.2. The SMILES string of the molecule is COCCOc1cc(N)c(C(=N)/C(O)=C/C(=N)c2ccc(C)nc2)cc1F. The van der Waals surface area contributed by atoms with Crippen LogP contribution in [-0.4, -0.2) is 41.8 Å². The van der Waals surface area contributed by atoms with Crippen molar-refractivity contribution < 1.29 is 19.0 Å². The lowest BCUT2D eigenvalue weighted by atomic mass is 10.0. The second kappa shape index (κ2) is 8.91. The second-order valence-corrected chi connectivity index (χ2v) is 5.72. The first-order valence-corrected chi connectivity index (χ1v) is 8.05. The zero-order valence-corrected chi connectivity index (χ0v) is 15.0. The highest BCUT2D eigenvalue weighted by atomic mass is 19.1. The molecule has 5 N–H and O–H groups in total. The highest BCUT2D eigenvalue weighted by Gasteiger charge is 2.16. The molecule has 1 aromatic heterocycles. The van der Waals surface area contributed by atoms with Crippen LogP contribution in [0.15, 0.2) is 42.3 Å². The summed E-state index contributed by atoms with van der Waals surface area (Å²) in [5.41, 5.74) is 6.76. The van der Waals surface area contributed by atoms with Crippen molar-refractivity contribution in [1.29, 1.82) is 10.8 Å². The summed E-state index contributed by atoms with van der Waals surface area (Å²) in [7, 11) is 1.50. The van der Waals surface area contributed by atoms with Crippen molar-refractivity contribution in [1.82, 2.24) is 4.98 Å². The van der Waals surface area contributed by atoms with E-state index in [0.717, 1.165) is 17.8 Å². The van der Waals surface area contributed by atoms with Gasteiger partial charge in [-0.2, -0.15) is 0 Å². The van der Waals surface area contributed by atoms with Gasteiger partial charge in [0.25, 0.3) is 0 Å². The number of allylic oxidation sites excluding steroid dienone is 2. The molecule has 2 aromatic rings. The van der Waals surface area contributed by atoms with E-state index in [1.165, 1.54) is 19.4 Å². The molecule has 0 saturated heterocycles. The minimum Gasteiger partial charge on any atom is -0.506 e. The first-order valence-electron chi connectivity index (χ1n) is 8.05. The number of aliphatic hydroxyl groups excluding tert-OH is 1. The van der Waals surface area contributed by atoms with Crippen LogP contribution in [0.2, 0.25) is 0 Å². The van der Waals surface area contributed by atoms with Gasteiger partial charge >= 0.3 is 0 Å². The number of hydrogen-bond donors (Lipinski definition) is 4. The van der Waals surface area contributed by atoms with Crippen LogP contribution in [0.5, 0.6) is 5.75 Å². The molecule has 0 saturated carbocycles. The maximum absolute atomic E-state index is 14.2. The number of hydrogen-bond acceptors (Lipinski definition) is 7. The fourth-order valence-electron chi connectivity index (χ4n) is 2.19. The molecule has 0 bridgehead atoms. The van der Waals surface area contributed by atoms with E-state index in [9.17, 15) is 9.50 Å². The lowest BCUT2D eigenvalue weighted by Gasteiger charge is -2.12. The van der Waals surface area contributed by atoms with Crippen LogP contribution in [0.4, 0.5) is 10.1 Å². The number of aliphatic hydroxyl groups is 1. The number of nitrogen functional groups attached to an aromatic ring is 1. The van der Waals surface area contributed by atoms with E-state index >= 15 is 0 Å². The Balaban J connectivity index is 2.21. The lowest BCUT2D eigenvalue weighted by molar-refractivity contribution is 0.144. The van der Waals surface area contributed by atoms with Gasteiger partial charge < -0.3 is 25.7 Å². The molecule has 0 spiro atoms. The largest absolute Gasteiger partial charge is 0.506 e. The topological polar surface area (TPSA) is 125 Å². The Labute approximate surface area is 156 Å². The number of ether oxygens (including phenoxy) is 2. The van der Waals surface area contributed by atoms with Gasteiger partial charge in [0.2, 0.25) is 0 Å². The van der Waals surface area contributed by atoms with E-state index in [1.807, 2.05) is 6.92 Å². The number of benzene rings is 1. The summed E-state index contributed by atoms with van der Waals surface area (Å²) in [6.45, 7) is 2.25. The lowest BCUT2D eigenvalue weighted by Crippen LogP contribution is -2.11. The molecule has 0 aliphatic carbocycles. The van der Waals surface area contributed by atoms with E-state index in [4.69, 9.17) is 26.0 Å². The van der Waals surface area contributed by atoms with Gasteiger partial charge in [0.1, 0.15) is 18.1 Å². The average Bonchev–Trinajstić information content (AvgIpc) is 2.64. The molecular weight excluding hydrogens is 351 g/mol. The van der Waals surface area contributed by atoms with Crippen molar-refractivity contribution >= 4 is 17.1 Å². The molecule has 0 amide bonds. The van der Waals surface area contributed by atoms with Crippen LogP contribution in [0.3, 0.4) is 0 Å². The third kappa shape index (κ3) is 5.11. The third-order valence-electron chi connectivity index (χ3n) is 3.68. The number of rotatable bonds is 8. The van der Waals surface area contributed by atoms with Crippen LogP contribution >= 0.6 is 0 Å². The number of nitrogens with two attached hydrogens (primary N) is 1. The summed E-state index contributed by atoms with van der Waals surface area (Å²) in [6, 6.07) is 5.67. The van der Waals surface area contributed by atoms with Crippen molar-refractivity contribution in [3.63, 3.8) is 0 Å². The highest BCUT2D eigenvalue weighted by molar-refractivity contribution is 6.17. The summed E-state index contributed by atoms with van der Waals surface area (Å²) in [5.74, 6) is -1.30. The number of aryl methyl sites for hydroxylation is 1. The number of nitrogens with zero attached hydrogens (tertiary/aromatic N) is 1. The smallest absolute Gasteiger partial charge is 0.165 e. The first-order chi connectivity index (χ1) is 12.8. The Morgan fingerprint density at radius 2 is 2.04 bits per heavy atom. The molecule has 142 valence electrons. The minimum absolute atomic E-state index is 0.00447. The molecule has 0 radical (unpaired) electrons. The summed E-state index contributed by atoms with van der Waals surface area (Å²) in [6.07, 6.45) is 2.58. The van der Waals surface area contributed by atoms with Crippen molar-refractivity contribution in [2.75, 3.05) is 26.1 Å². The monoisotopic (exact) mass is 372 g/mol. The summed E-state index contributed by atoms with van der Waals surface area (Å²) < 4.78 is 24.2. The average molecular weight is 372 g/mol. The van der Waals surface area contributed by atoms with E-state index in [2.05, 4.69) is 4.98 Å². The fraction of sp³-hybridized carbons (Fsp3) is 0.211. The number of halogens is 1. The van der Waals surface area contributed by atoms with Crippen molar-refractivity contribution in [3.8, 4) is 5.75 Å². The zero-order chi connectivity index (χ0) is 20.0. The maximum Gasteiger partial charge on any atom is 0.165 e. The Morgan fingerprint density at radius 3 is 2.67 bits per heavy atom. The molecule has 0 unspecified atom stereocenters. The predicted octanol–water partition coefficient (Wildman–Crippen LogP) is 3.01. The Bertz CT molecular complexity index is 879. The summed E-state index contributed by atoms with van der Waals surface area (Å²) >= 11 is 0. The Hall–Kier alpha value is -3.26. The number of aromatic nitrogens is 1. The number of pyridine rings is 1. The van der Waals surface area contributed by atoms with Crippen molar-refractivity contribution in [2.24, 2.45) is 0 Å². The molecule has 27 heavy (non-hydrogen) atoms. The Kier molecular flexibility index (Phi) is 6.62. The minimum atomic E-state index is -0.717. The molecular formula is C19H21FN4O3. The van der Waals surface area contributed by atoms with E-state index in [1.54, 1.807) is 12.1 Å². The Morgan fingerprint density at radius 1 is 1.30 bits per heavy atom. The van der Waals surface area contributed by atoms with Gasteiger partial charge in [0.05, 0.1) is 12.3 Å². The zero-order valence-electron chi connectivity index (χ0n) is 15.0. The number of anilines is 1. The molecule has 7 nitrogen and oxygen atoms in total. The van der Waals surface area contributed by atoms with Gasteiger partial charge in [0, 0.05) is 48.0 Å². The van der Waals surface area contributed by atoms with Crippen molar-refractivity contribution in [2.45, 2.75) is 6.92 Å². The summed E-state index contributed by atoms with van der Waals surface area (Å²) in [4.78, 5) is 4.08. The van der Waals surface area contributed by atoms with E-state index < -0.39 is 17.3 Å². The van der Waals surface area contributed by atoms with Crippen molar-refractivity contribution in [3.05, 3.63) is 64.9 Å². The second-order valence-electron chi connectivity index (χ2n) is 5.72. The molecule has 1 heterocycles. The highest BCUT2D eigenvalue weighted by Crippen LogP contribution is 2.26. The molecule has 0 atom stereocenters. The fourth-order valence-corrected chi connectivity index (χ4v) is 2.19. The standard InChI is InChI=1S/C19H21FN4O3/c1-11-3-4-12(10-24-11)15(21)8-17(25)19(23)13-7-14(20)18(9-16(13)22)27-6-5-26-2/h3-4,7-10,21,23,25H,5-6,22H2,1-2H3/b17-8-,21-15?,23-19?. The molecule has 0 aliphatic heterocycles. The van der Waals surface area contributed by atoms with Crippen LogP contribution < -0.4 is 10.5 Å². The molecule has 1 aromatic carbocycles. The van der Waals surface area contributed by atoms with Crippen LogP contribution in [0.1, 0.15) is 16.8 Å². The van der Waals surface area contributed by atoms with Crippen LogP contribution in [0.25, 0.3) is 0 Å². The number of nitrogens with one attached hydrogen (secondary N) is 2. The number of methoxy groups -OCH3 is 1. The molecule has 0 fully saturated rings. The third-order valence-corrected chi connectivity index (χ3v) is 3.68. The van der Waals surface area contributed by atoms with Gasteiger partial charge in [-0.25, -0.2) is 4.39 Å². The molecule has 0 aliphatic rings. The predicted molar refractivity (Wildman–Crippen MR) is 102 cm³/mol. The van der Waals surface area contributed by atoms with Crippen LogP contribution in [-0.2, 0) is 4.74 Å². The normalized spacial score (nSPS) is 11.3. The molecule has 8 heteroatoms. The van der Waals surface area contributed by atoms with Gasteiger partial charge in [-0.1, -0.05) is 0 Å². The maximum atomic E-state index is 14.2. The quantitative estimate of drug-likeness (QED) is 0.245.